The molecule has 0 aliphatic heterocycles. The van der Waals surface area contributed by atoms with Gasteiger partial charge in [0.25, 0.3) is 0 Å². The van der Waals surface area contributed by atoms with Crippen LogP contribution in [0.15, 0.2) is 385 Å². The van der Waals surface area contributed by atoms with Crippen LogP contribution in [0.25, 0.3) is 143 Å². The molecular weight excluding hydrogens is 1250 g/mol. The summed E-state index contributed by atoms with van der Waals surface area (Å²) in [5.74, 6) is 0. The molecule has 2 heterocycles. The molecule has 0 unspecified atom stereocenters. The van der Waals surface area contributed by atoms with Crippen LogP contribution in [0.5, 0.6) is 0 Å². The zero-order valence-electron chi connectivity index (χ0n) is 57.0. The average molecular weight is 1320 g/mol. The summed E-state index contributed by atoms with van der Waals surface area (Å²) < 4.78 is 12.8. The Balaban J connectivity index is 0.000000142. The van der Waals surface area contributed by atoms with E-state index in [2.05, 4.69) is 375 Å². The maximum absolute atomic E-state index is 6.41. The fourth-order valence-corrected chi connectivity index (χ4v) is 16.0. The Morgan fingerprint density at radius 1 is 0.194 bits per heavy atom. The van der Waals surface area contributed by atoms with Gasteiger partial charge in [0.15, 0.2) is 0 Å². The predicted molar refractivity (Wildman–Crippen MR) is 434 cm³/mol. The maximum atomic E-state index is 6.41. The summed E-state index contributed by atoms with van der Waals surface area (Å²) in [6.45, 7) is 4.69. The van der Waals surface area contributed by atoms with Crippen LogP contribution in [-0.4, -0.2) is 0 Å². The molecule has 4 heteroatoms. The minimum atomic E-state index is -0.0987. The molecule has 2 aromatic heterocycles. The van der Waals surface area contributed by atoms with Crippen LogP contribution in [-0.2, 0) is 5.41 Å². The summed E-state index contributed by atoms with van der Waals surface area (Å²) in [6, 6.07) is 135. The van der Waals surface area contributed by atoms with Gasteiger partial charge in [-0.25, -0.2) is 0 Å². The van der Waals surface area contributed by atoms with Crippen molar-refractivity contribution in [3.05, 3.63) is 387 Å². The zero-order chi connectivity index (χ0) is 68.5. The Hall–Kier alpha value is -13.3. The molecule has 0 amide bonds. The summed E-state index contributed by atoms with van der Waals surface area (Å²) in [5.41, 5.74) is 27.2. The van der Waals surface area contributed by atoms with Gasteiger partial charge in [-0.15, -0.1) is 0 Å². The van der Waals surface area contributed by atoms with Gasteiger partial charge < -0.3 is 18.6 Å². The van der Waals surface area contributed by atoms with Gasteiger partial charge in [-0.3, -0.25) is 0 Å². The zero-order valence-corrected chi connectivity index (χ0v) is 57.0. The van der Waals surface area contributed by atoms with E-state index >= 15 is 0 Å². The smallest absolute Gasteiger partial charge is 0.143 e. The van der Waals surface area contributed by atoms with E-state index in [1.165, 1.54) is 88.0 Å². The van der Waals surface area contributed by atoms with Crippen molar-refractivity contribution in [2.45, 2.75) is 19.3 Å². The van der Waals surface area contributed by atoms with Crippen molar-refractivity contribution in [1.82, 2.24) is 0 Å². The molecule has 0 saturated heterocycles. The number of benzene rings is 17. The number of para-hydroxylation sites is 4. The van der Waals surface area contributed by atoms with E-state index in [-0.39, 0.29) is 5.41 Å². The molecule has 17 aromatic carbocycles. The summed E-state index contributed by atoms with van der Waals surface area (Å²) >= 11 is 0. The van der Waals surface area contributed by atoms with E-state index in [1.54, 1.807) is 0 Å². The molecule has 0 atom stereocenters. The van der Waals surface area contributed by atoms with Gasteiger partial charge in [-0.2, -0.15) is 0 Å². The van der Waals surface area contributed by atoms with E-state index in [4.69, 9.17) is 8.83 Å². The third-order valence-corrected chi connectivity index (χ3v) is 21.2. The second-order valence-electron chi connectivity index (χ2n) is 27.5. The van der Waals surface area contributed by atoms with Crippen LogP contribution in [0.2, 0.25) is 0 Å². The SMILES string of the molecule is CC1(C)c2ccccc2-c2ccc(N(c3ccc(-c4ccc(-c5ccccc5)cc4)cc3)c3ccc(-c4cccc5c4oc4ccccc45)cc3)cc21.c1ccc(-c2ccc(N(c3ccc(-c4cccc5c4oc4ccccc45)cc3)c3ccc4c5ccccc5c5ccccc5c4c3)cc2)cc1. The highest BCUT2D eigenvalue weighted by Crippen LogP contribution is 2.52. The molecule has 1 aliphatic rings. The molecule has 19 aromatic rings. The van der Waals surface area contributed by atoms with E-state index in [0.29, 0.717) is 0 Å². The van der Waals surface area contributed by atoms with Crippen LogP contribution >= 0.6 is 0 Å². The molecule has 103 heavy (non-hydrogen) atoms. The van der Waals surface area contributed by atoms with Gasteiger partial charge in [-0.05, 0) is 184 Å². The minimum Gasteiger partial charge on any atom is -0.455 e. The van der Waals surface area contributed by atoms with Gasteiger partial charge in [-0.1, -0.05) is 305 Å². The molecule has 0 bridgehead atoms. The molecule has 0 N–H and O–H groups in total. The van der Waals surface area contributed by atoms with Gasteiger partial charge in [0.2, 0.25) is 0 Å². The fourth-order valence-electron chi connectivity index (χ4n) is 16.0. The van der Waals surface area contributed by atoms with Crippen molar-refractivity contribution < 1.29 is 8.83 Å². The lowest BCUT2D eigenvalue weighted by atomic mass is 9.82. The number of fused-ring (bicyclic) bond motifs is 15. The molecule has 1 aliphatic carbocycles. The number of hydrogen-bond acceptors (Lipinski definition) is 4. The average Bonchev–Trinajstić information content (AvgIpc) is 1.37. The lowest BCUT2D eigenvalue weighted by Gasteiger charge is -2.28. The Morgan fingerprint density at radius 2 is 0.495 bits per heavy atom. The van der Waals surface area contributed by atoms with E-state index < -0.39 is 0 Å². The van der Waals surface area contributed by atoms with E-state index in [9.17, 15) is 0 Å². The molecule has 20 rings (SSSR count). The molecule has 0 spiro atoms. The Bertz CT molecular complexity index is 6380. The predicted octanol–water partition coefficient (Wildman–Crippen LogP) is 28.2. The van der Waals surface area contributed by atoms with Crippen LogP contribution in [0.3, 0.4) is 0 Å². The van der Waals surface area contributed by atoms with Crippen molar-refractivity contribution in [3.63, 3.8) is 0 Å². The molecule has 4 nitrogen and oxygen atoms in total. The monoisotopic (exact) mass is 1320 g/mol. The first-order chi connectivity index (χ1) is 50.8. The van der Waals surface area contributed by atoms with Crippen LogP contribution in [0.1, 0.15) is 25.0 Å². The first-order valence-electron chi connectivity index (χ1n) is 35.4. The molecule has 486 valence electrons. The second-order valence-corrected chi connectivity index (χ2v) is 27.5. The summed E-state index contributed by atoms with van der Waals surface area (Å²) in [5, 5.41) is 12.2. The summed E-state index contributed by atoms with van der Waals surface area (Å²) in [7, 11) is 0. The van der Waals surface area contributed by atoms with Crippen molar-refractivity contribution in [2.75, 3.05) is 9.80 Å². The second kappa shape index (κ2) is 25.2. The van der Waals surface area contributed by atoms with E-state index in [1.807, 2.05) is 24.3 Å². The van der Waals surface area contributed by atoms with E-state index in [0.717, 1.165) is 100 Å². The van der Waals surface area contributed by atoms with Crippen LogP contribution in [0, 0.1) is 0 Å². The lowest BCUT2D eigenvalue weighted by molar-refractivity contribution is 0.660. The Kier molecular flexibility index (Phi) is 14.9. The summed E-state index contributed by atoms with van der Waals surface area (Å²) in [6.07, 6.45) is 0. The third kappa shape index (κ3) is 10.7. The molecule has 0 saturated carbocycles. The lowest BCUT2D eigenvalue weighted by Crippen LogP contribution is -2.16. The minimum absolute atomic E-state index is 0.0987. The number of nitrogens with zero attached hydrogens (tertiary/aromatic N) is 2. The van der Waals surface area contributed by atoms with Gasteiger partial charge in [0.05, 0.1) is 0 Å². The van der Waals surface area contributed by atoms with Crippen molar-refractivity contribution in [3.8, 4) is 66.8 Å². The van der Waals surface area contributed by atoms with Gasteiger partial charge >= 0.3 is 0 Å². The quantitative estimate of drug-likeness (QED) is 0.121. The number of hydrogen-bond donors (Lipinski definition) is 0. The van der Waals surface area contributed by atoms with Crippen molar-refractivity contribution >= 4 is 110 Å². The summed E-state index contributed by atoms with van der Waals surface area (Å²) in [4.78, 5) is 4.75. The van der Waals surface area contributed by atoms with Gasteiger partial charge in [0.1, 0.15) is 22.3 Å². The normalized spacial score (nSPS) is 12.3. The highest BCUT2D eigenvalue weighted by Gasteiger charge is 2.36. The number of rotatable bonds is 11. The largest absolute Gasteiger partial charge is 0.455 e. The van der Waals surface area contributed by atoms with Crippen LogP contribution in [0.4, 0.5) is 34.1 Å². The number of anilines is 6. The number of furan rings is 2. The molecule has 0 fully saturated rings. The Labute approximate surface area is 598 Å². The maximum Gasteiger partial charge on any atom is 0.143 e. The highest BCUT2D eigenvalue weighted by molar-refractivity contribution is 6.26. The van der Waals surface area contributed by atoms with Gasteiger partial charge in [0, 0.05) is 72.2 Å². The third-order valence-electron chi connectivity index (χ3n) is 21.2. The van der Waals surface area contributed by atoms with Crippen molar-refractivity contribution in [1.29, 1.82) is 0 Å². The van der Waals surface area contributed by atoms with Crippen LogP contribution < -0.4 is 9.80 Å². The molecule has 0 radical (unpaired) electrons. The fraction of sp³-hybridized carbons (Fsp3) is 0.0303. The standard InChI is InChI=1S/C51H37NO.C48H31NO/c1-51(2)47-17-8-6-13-43(47)44-32-31-41(33-48(44)51)52(39-27-23-37(24-28-39)36-21-19-35(20-22-36)34-11-4-3-5-12-34)40-29-25-38(26-30-40)42-15-10-16-46-45-14-7-9-18-49(45)53-50(42)46;1-2-11-32(12-3-1)33-21-25-35(26-22-33)49(37-29-30-43-41-15-5-4-13-39(41)40-14-6-7-16-42(40)46(43)31-37)36-27-23-34(24-28-36)38-18-10-19-45-44-17-8-9-20-47(44)50-48(38)45/h3-33H,1-2H3;1-31H. The molecular formula is C99H68N2O2. The first-order valence-corrected chi connectivity index (χ1v) is 35.4. The Morgan fingerprint density at radius 3 is 0.951 bits per heavy atom. The topological polar surface area (TPSA) is 32.8 Å². The first kappa shape index (κ1) is 60.9. The van der Waals surface area contributed by atoms with Crippen molar-refractivity contribution in [2.24, 2.45) is 0 Å². The highest BCUT2D eigenvalue weighted by atomic mass is 16.3.